The molecule has 0 aliphatic heterocycles. The highest BCUT2D eigenvalue weighted by atomic mass is 19.1. The van der Waals surface area contributed by atoms with E-state index in [9.17, 15) is 9.65 Å². The van der Waals surface area contributed by atoms with Crippen LogP contribution in [0, 0.1) is 17.1 Å². The highest BCUT2D eigenvalue weighted by Crippen LogP contribution is 2.35. The number of halogens is 1. The number of nitriles is 1. The van der Waals surface area contributed by atoms with Crippen LogP contribution in [0.1, 0.15) is 54.8 Å². The third-order valence-electron chi connectivity index (χ3n) is 4.37. The van der Waals surface area contributed by atoms with Gasteiger partial charge in [-0.3, -0.25) is 0 Å². The SMILES string of the molecule is N#Cc1c(C2CCCCC2)nn(Cc2ccc(F)cc2)c1N. The molecule has 1 fully saturated rings. The summed E-state index contributed by atoms with van der Waals surface area (Å²) in [5.74, 6) is 0.477. The Morgan fingerprint density at radius 2 is 1.91 bits per heavy atom. The minimum Gasteiger partial charge on any atom is -0.383 e. The minimum atomic E-state index is -0.266. The van der Waals surface area contributed by atoms with Crippen LogP contribution >= 0.6 is 0 Å². The molecule has 0 bridgehead atoms. The molecule has 2 aromatic rings. The Morgan fingerprint density at radius 1 is 1.23 bits per heavy atom. The van der Waals surface area contributed by atoms with Crippen molar-refractivity contribution in [2.45, 2.75) is 44.6 Å². The van der Waals surface area contributed by atoms with Crippen molar-refractivity contribution < 1.29 is 4.39 Å². The lowest BCUT2D eigenvalue weighted by atomic mass is 9.85. The Bertz CT molecular complexity index is 691. The molecule has 0 unspecified atom stereocenters. The molecule has 5 heteroatoms. The summed E-state index contributed by atoms with van der Waals surface area (Å²) in [4.78, 5) is 0. The highest BCUT2D eigenvalue weighted by molar-refractivity contribution is 5.53. The molecule has 1 aliphatic rings. The summed E-state index contributed by atoms with van der Waals surface area (Å²) in [6.45, 7) is 0.452. The molecular weight excluding hydrogens is 279 g/mol. The van der Waals surface area contributed by atoms with Crippen molar-refractivity contribution >= 4 is 5.82 Å². The van der Waals surface area contributed by atoms with Gasteiger partial charge in [0.15, 0.2) is 0 Å². The summed E-state index contributed by atoms with van der Waals surface area (Å²) in [5, 5.41) is 14.0. The highest BCUT2D eigenvalue weighted by Gasteiger charge is 2.24. The summed E-state index contributed by atoms with van der Waals surface area (Å²) in [6.07, 6.45) is 5.76. The fraction of sp³-hybridized carbons (Fsp3) is 0.412. The molecule has 1 aliphatic carbocycles. The van der Waals surface area contributed by atoms with Gasteiger partial charge < -0.3 is 5.73 Å². The summed E-state index contributed by atoms with van der Waals surface area (Å²) in [7, 11) is 0. The van der Waals surface area contributed by atoms with E-state index in [1.54, 1.807) is 16.8 Å². The first-order chi connectivity index (χ1) is 10.7. The van der Waals surface area contributed by atoms with Crippen molar-refractivity contribution in [1.82, 2.24) is 9.78 Å². The standard InChI is InChI=1S/C17H19FN4/c18-14-8-6-12(7-9-14)11-22-17(20)15(10-19)16(21-22)13-4-2-1-3-5-13/h6-9,13H,1-5,11,20H2. The predicted octanol–water partition coefficient (Wildman–Crippen LogP) is 3.57. The smallest absolute Gasteiger partial charge is 0.140 e. The van der Waals surface area contributed by atoms with Gasteiger partial charge >= 0.3 is 0 Å². The van der Waals surface area contributed by atoms with Crippen LogP contribution in [-0.4, -0.2) is 9.78 Å². The molecule has 3 rings (SSSR count). The lowest BCUT2D eigenvalue weighted by Gasteiger charge is -2.19. The van der Waals surface area contributed by atoms with Gasteiger partial charge in [-0.1, -0.05) is 31.4 Å². The fourth-order valence-electron chi connectivity index (χ4n) is 3.15. The van der Waals surface area contributed by atoms with E-state index in [2.05, 4.69) is 11.2 Å². The first kappa shape index (κ1) is 14.6. The van der Waals surface area contributed by atoms with E-state index in [4.69, 9.17) is 5.73 Å². The van der Waals surface area contributed by atoms with Gasteiger partial charge in [0.25, 0.3) is 0 Å². The fourth-order valence-corrected chi connectivity index (χ4v) is 3.15. The van der Waals surface area contributed by atoms with Gasteiger partial charge in [0.1, 0.15) is 23.3 Å². The van der Waals surface area contributed by atoms with Crippen LogP contribution in [0.25, 0.3) is 0 Å². The molecule has 114 valence electrons. The number of nitrogens with zero attached hydrogens (tertiary/aromatic N) is 3. The van der Waals surface area contributed by atoms with Crippen LogP contribution in [0.3, 0.4) is 0 Å². The number of benzene rings is 1. The second-order valence-electron chi connectivity index (χ2n) is 5.88. The van der Waals surface area contributed by atoms with Crippen LogP contribution in [-0.2, 0) is 6.54 Å². The van der Waals surface area contributed by atoms with E-state index in [1.165, 1.54) is 31.4 Å². The maximum atomic E-state index is 13.0. The van der Waals surface area contributed by atoms with E-state index >= 15 is 0 Å². The van der Waals surface area contributed by atoms with Crippen molar-refractivity contribution in [1.29, 1.82) is 5.26 Å². The summed E-state index contributed by atoms with van der Waals surface area (Å²) < 4.78 is 14.6. The van der Waals surface area contributed by atoms with Crippen molar-refractivity contribution in [3.8, 4) is 6.07 Å². The van der Waals surface area contributed by atoms with E-state index < -0.39 is 0 Å². The maximum Gasteiger partial charge on any atom is 0.140 e. The monoisotopic (exact) mass is 298 g/mol. The van der Waals surface area contributed by atoms with Crippen molar-refractivity contribution in [2.24, 2.45) is 0 Å². The average molecular weight is 298 g/mol. The molecule has 0 saturated heterocycles. The Balaban J connectivity index is 1.90. The molecule has 1 aromatic heterocycles. The van der Waals surface area contributed by atoms with Crippen molar-refractivity contribution in [2.75, 3.05) is 5.73 Å². The van der Waals surface area contributed by atoms with Gasteiger partial charge in [-0.2, -0.15) is 10.4 Å². The van der Waals surface area contributed by atoms with Crippen LogP contribution in [0.15, 0.2) is 24.3 Å². The molecule has 0 atom stereocenters. The van der Waals surface area contributed by atoms with Crippen LogP contribution in [0.5, 0.6) is 0 Å². The number of nitrogen functional groups attached to an aromatic ring is 1. The first-order valence-electron chi connectivity index (χ1n) is 7.69. The third kappa shape index (κ3) is 2.82. The minimum absolute atomic E-state index is 0.266. The molecule has 2 N–H and O–H groups in total. The normalized spacial score (nSPS) is 15.6. The zero-order chi connectivity index (χ0) is 15.5. The molecule has 4 nitrogen and oxygen atoms in total. The molecular formula is C17H19FN4. The topological polar surface area (TPSA) is 67.6 Å². The van der Waals surface area contributed by atoms with E-state index in [1.807, 2.05) is 0 Å². The second-order valence-corrected chi connectivity index (χ2v) is 5.88. The summed E-state index contributed by atoms with van der Waals surface area (Å²) in [6, 6.07) is 8.47. The Morgan fingerprint density at radius 3 is 2.55 bits per heavy atom. The molecule has 1 heterocycles. The van der Waals surface area contributed by atoms with Crippen molar-refractivity contribution in [3.05, 3.63) is 46.9 Å². The molecule has 22 heavy (non-hydrogen) atoms. The van der Waals surface area contributed by atoms with Crippen LogP contribution in [0.4, 0.5) is 10.2 Å². The Hall–Kier alpha value is -2.35. The van der Waals surface area contributed by atoms with Gasteiger partial charge in [-0.15, -0.1) is 0 Å². The van der Waals surface area contributed by atoms with Crippen LogP contribution in [0.2, 0.25) is 0 Å². The van der Waals surface area contributed by atoms with E-state index in [0.717, 1.165) is 24.1 Å². The molecule has 0 spiro atoms. The second kappa shape index (κ2) is 6.18. The van der Waals surface area contributed by atoms with Gasteiger partial charge in [-0.05, 0) is 30.5 Å². The van der Waals surface area contributed by atoms with Gasteiger partial charge in [0.2, 0.25) is 0 Å². The van der Waals surface area contributed by atoms with Gasteiger partial charge in [0.05, 0.1) is 12.2 Å². The Kier molecular flexibility index (Phi) is 4.10. The van der Waals surface area contributed by atoms with Gasteiger partial charge in [0, 0.05) is 5.92 Å². The lowest BCUT2D eigenvalue weighted by molar-refractivity contribution is 0.432. The molecule has 1 saturated carbocycles. The number of rotatable bonds is 3. The van der Waals surface area contributed by atoms with E-state index in [-0.39, 0.29) is 5.82 Å². The predicted molar refractivity (Wildman–Crippen MR) is 82.7 cm³/mol. The number of nitrogens with two attached hydrogens (primary N) is 1. The number of hydrogen-bond donors (Lipinski definition) is 1. The van der Waals surface area contributed by atoms with Crippen molar-refractivity contribution in [3.63, 3.8) is 0 Å². The number of hydrogen-bond acceptors (Lipinski definition) is 3. The quantitative estimate of drug-likeness (QED) is 0.941. The molecule has 0 radical (unpaired) electrons. The maximum absolute atomic E-state index is 13.0. The largest absolute Gasteiger partial charge is 0.383 e. The average Bonchev–Trinajstić information content (AvgIpc) is 2.86. The lowest BCUT2D eigenvalue weighted by Crippen LogP contribution is -2.08. The first-order valence-corrected chi connectivity index (χ1v) is 7.69. The Labute approximate surface area is 129 Å². The molecule has 0 amide bonds. The summed E-state index contributed by atoms with van der Waals surface area (Å²) >= 11 is 0. The third-order valence-corrected chi connectivity index (χ3v) is 4.37. The van der Waals surface area contributed by atoms with Gasteiger partial charge in [-0.25, -0.2) is 9.07 Å². The number of anilines is 1. The van der Waals surface area contributed by atoms with Crippen LogP contribution < -0.4 is 5.73 Å². The summed E-state index contributed by atoms with van der Waals surface area (Å²) in [5.41, 5.74) is 8.36. The zero-order valence-corrected chi connectivity index (χ0v) is 12.4. The molecule has 1 aromatic carbocycles. The number of aromatic nitrogens is 2. The van der Waals surface area contributed by atoms with E-state index in [0.29, 0.717) is 23.8 Å². The zero-order valence-electron chi connectivity index (χ0n) is 12.4.